The fourth-order valence-electron chi connectivity index (χ4n) is 3.38. The minimum atomic E-state index is 0.586. The summed E-state index contributed by atoms with van der Waals surface area (Å²) in [4.78, 5) is 7.26. The van der Waals surface area contributed by atoms with Crippen molar-refractivity contribution < 1.29 is 14.2 Å². The van der Waals surface area contributed by atoms with Crippen molar-refractivity contribution in [2.24, 2.45) is 0 Å². The van der Waals surface area contributed by atoms with Crippen LogP contribution in [0.5, 0.6) is 11.5 Å². The summed E-state index contributed by atoms with van der Waals surface area (Å²) in [6.07, 6.45) is 0. The highest BCUT2D eigenvalue weighted by Gasteiger charge is 2.16. The Morgan fingerprint density at radius 3 is 2.52 bits per heavy atom. The number of benzene rings is 2. The second-order valence-corrected chi connectivity index (χ2v) is 6.58. The Hall–Kier alpha value is -2.57. The summed E-state index contributed by atoms with van der Waals surface area (Å²) in [5.41, 5.74) is 2.18. The van der Waals surface area contributed by atoms with Gasteiger partial charge in [0.15, 0.2) is 0 Å². The number of ether oxygens (including phenoxy) is 3. The van der Waals surface area contributed by atoms with Crippen molar-refractivity contribution in [3.05, 3.63) is 54.4 Å². The van der Waals surface area contributed by atoms with Gasteiger partial charge in [0.1, 0.15) is 23.9 Å². The van der Waals surface area contributed by atoms with Crippen molar-refractivity contribution in [2.75, 3.05) is 40.0 Å². The first-order chi connectivity index (χ1) is 13.3. The lowest BCUT2D eigenvalue weighted by atomic mass is 10.3. The molecule has 0 aliphatic carbocycles. The molecule has 2 heterocycles. The summed E-state index contributed by atoms with van der Waals surface area (Å²) in [6.45, 7) is 5.66. The van der Waals surface area contributed by atoms with E-state index < -0.39 is 0 Å². The highest BCUT2D eigenvalue weighted by atomic mass is 16.5. The number of nitrogens with zero attached hydrogens (tertiary/aromatic N) is 3. The summed E-state index contributed by atoms with van der Waals surface area (Å²) >= 11 is 0. The predicted molar refractivity (Wildman–Crippen MR) is 104 cm³/mol. The first-order valence-corrected chi connectivity index (χ1v) is 9.34. The number of aromatic nitrogens is 2. The van der Waals surface area contributed by atoms with Gasteiger partial charge in [0.25, 0.3) is 0 Å². The van der Waals surface area contributed by atoms with E-state index in [1.807, 2.05) is 30.3 Å². The van der Waals surface area contributed by atoms with Crippen LogP contribution in [0.3, 0.4) is 0 Å². The SMILES string of the molecule is COc1ccc(OCCn2c(CN3CCOCC3)nc3ccccc32)cc1. The van der Waals surface area contributed by atoms with Crippen molar-refractivity contribution in [3.63, 3.8) is 0 Å². The van der Waals surface area contributed by atoms with E-state index in [1.54, 1.807) is 7.11 Å². The van der Waals surface area contributed by atoms with Crippen LogP contribution in [0.25, 0.3) is 11.0 Å². The second kappa shape index (κ2) is 8.41. The molecule has 0 bridgehead atoms. The highest BCUT2D eigenvalue weighted by Crippen LogP contribution is 2.20. The first-order valence-electron chi connectivity index (χ1n) is 9.34. The molecule has 3 aromatic rings. The minimum absolute atomic E-state index is 0.586. The van der Waals surface area contributed by atoms with Crippen LogP contribution >= 0.6 is 0 Å². The summed E-state index contributed by atoms with van der Waals surface area (Å²) in [5, 5.41) is 0. The molecular formula is C21H25N3O3. The quantitative estimate of drug-likeness (QED) is 0.643. The zero-order valence-corrected chi connectivity index (χ0v) is 15.6. The van der Waals surface area contributed by atoms with Gasteiger partial charge in [0, 0.05) is 13.1 Å². The van der Waals surface area contributed by atoms with E-state index in [0.29, 0.717) is 6.61 Å². The third kappa shape index (κ3) is 4.23. The van der Waals surface area contributed by atoms with Gasteiger partial charge in [-0.3, -0.25) is 4.90 Å². The molecule has 1 aliphatic rings. The van der Waals surface area contributed by atoms with Gasteiger partial charge in [-0.15, -0.1) is 0 Å². The maximum atomic E-state index is 5.93. The van der Waals surface area contributed by atoms with E-state index >= 15 is 0 Å². The van der Waals surface area contributed by atoms with E-state index in [1.165, 1.54) is 0 Å². The third-order valence-electron chi connectivity index (χ3n) is 4.85. The van der Waals surface area contributed by atoms with E-state index in [4.69, 9.17) is 19.2 Å². The average Bonchev–Trinajstić information content (AvgIpc) is 3.06. The van der Waals surface area contributed by atoms with Crippen molar-refractivity contribution >= 4 is 11.0 Å². The van der Waals surface area contributed by atoms with E-state index in [9.17, 15) is 0 Å². The van der Waals surface area contributed by atoms with Crippen molar-refractivity contribution in [1.29, 1.82) is 0 Å². The molecule has 1 aromatic heterocycles. The first kappa shape index (κ1) is 17.8. The Morgan fingerprint density at radius 2 is 1.74 bits per heavy atom. The predicted octanol–water partition coefficient (Wildman–Crippen LogP) is 2.96. The van der Waals surface area contributed by atoms with Crippen LogP contribution in [0.15, 0.2) is 48.5 Å². The lowest BCUT2D eigenvalue weighted by Gasteiger charge is -2.26. The van der Waals surface area contributed by atoms with Crippen LogP contribution in [0, 0.1) is 0 Å². The number of imidazole rings is 1. The molecular weight excluding hydrogens is 342 g/mol. The van der Waals surface area contributed by atoms with Gasteiger partial charge in [-0.25, -0.2) is 4.98 Å². The fourth-order valence-corrected chi connectivity index (χ4v) is 3.38. The molecule has 0 radical (unpaired) electrons. The summed E-state index contributed by atoms with van der Waals surface area (Å²) < 4.78 is 18.9. The molecule has 2 aromatic carbocycles. The number of methoxy groups -OCH3 is 1. The van der Waals surface area contributed by atoms with Crippen LogP contribution in [-0.2, 0) is 17.8 Å². The standard InChI is InChI=1S/C21H25N3O3/c1-25-17-6-8-18(9-7-17)27-15-12-24-20-5-3-2-4-19(20)22-21(24)16-23-10-13-26-14-11-23/h2-9H,10-16H2,1H3. The van der Waals surface area contributed by atoms with Gasteiger partial charge in [0.05, 0.1) is 44.4 Å². The highest BCUT2D eigenvalue weighted by molar-refractivity contribution is 5.75. The Kier molecular flexibility index (Phi) is 5.55. The Morgan fingerprint density at radius 1 is 1.00 bits per heavy atom. The number of para-hydroxylation sites is 2. The van der Waals surface area contributed by atoms with Crippen LogP contribution in [0.1, 0.15) is 5.82 Å². The van der Waals surface area contributed by atoms with Crippen molar-refractivity contribution in [2.45, 2.75) is 13.1 Å². The molecule has 6 nitrogen and oxygen atoms in total. The summed E-state index contributed by atoms with van der Waals surface area (Å²) in [6, 6.07) is 16.0. The molecule has 1 fully saturated rings. The number of fused-ring (bicyclic) bond motifs is 1. The van der Waals surface area contributed by atoms with Gasteiger partial charge >= 0.3 is 0 Å². The van der Waals surface area contributed by atoms with Crippen LogP contribution in [-0.4, -0.2) is 54.5 Å². The lowest BCUT2D eigenvalue weighted by Crippen LogP contribution is -2.36. The number of morpholine rings is 1. The van der Waals surface area contributed by atoms with Crippen LogP contribution in [0.2, 0.25) is 0 Å². The van der Waals surface area contributed by atoms with Crippen molar-refractivity contribution in [3.8, 4) is 11.5 Å². The fraction of sp³-hybridized carbons (Fsp3) is 0.381. The zero-order valence-electron chi connectivity index (χ0n) is 15.6. The lowest BCUT2D eigenvalue weighted by molar-refractivity contribution is 0.0326. The number of hydrogen-bond donors (Lipinski definition) is 0. The summed E-state index contributed by atoms with van der Waals surface area (Å²) in [5.74, 6) is 2.75. The molecule has 27 heavy (non-hydrogen) atoms. The maximum Gasteiger partial charge on any atom is 0.124 e. The Bertz CT molecular complexity index is 870. The van der Waals surface area contributed by atoms with E-state index in [0.717, 1.165) is 67.7 Å². The molecule has 0 spiro atoms. The van der Waals surface area contributed by atoms with Gasteiger partial charge in [-0.2, -0.15) is 0 Å². The second-order valence-electron chi connectivity index (χ2n) is 6.58. The maximum absolute atomic E-state index is 5.93. The van der Waals surface area contributed by atoms with Gasteiger partial charge in [0.2, 0.25) is 0 Å². The Labute approximate surface area is 159 Å². The summed E-state index contributed by atoms with van der Waals surface area (Å²) in [7, 11) is 1.66. The largest absolute Gasteiger partial charge is 0.497 e. The topological polar surface area (TPSA) is 48.8 Å². The molecule has 0 saturated carbocycles. The molecule has 0 amide bonds. The van der Waals surface area contributed by atoms with Crippen LogP contribution in [0.4, 0.5) is 0 Å². The molecule has 0 unspecified atom stereocenters. The average molecular weight is 367 g/mol. The molecule has 4 rings (SSSR count). The smallest absolute Gasteiger partial charge is 0.124 e. The van der Waals surface area contributed by atoms with E-state index in [2.05, 4.69) is 27.7 Å². The minimum Gasteiger partial charge on any atom is -0.497 e. The molecule has 1 saturated heterocycles. The van der Waals surface area contributed by atoms with Crippen molar-refractivity contribution in [1.82, 2.24) is 14.5 Å². The molecule has 6 heteroatoms. The molecule has 142 valence electrons. The van der Waals surface area contributed by atoms with E-state index in [-0.39, 0.29) is 0 Å². The zero-order chi connectivity index (χ0) is 18.5. The van der Waals surface area contributed by atoms with Gasteiger partial charge in [-0.1, -0.05) is 12.1 Å². The molecule has 0 atom stereocenters. The third-order valence-corrected chi connectivity index (χ3v) is 4.85. The molecule has 1 aliphatic heterocycles. The van der Waals surface area contributed by atoms with Gasteiger partial charge in [-0.05, 0) is 36.4 Å². The monoisotopic (exact) mass is 367 g/mol. The molecule has 0 N–H and O–H groups in total. The van der Waals surface area contributed by atoms with Gasteiger partial charge < -0.3 is 18.8 Å². The normalized spacial score (nSPS) is 15.1. The van der Waals surface area contributed by atoms with Crippen LogP contribution < -0.4 is 9.47 Å². The number of hydrogen-bond acceptors (Lipinski definition) is 5. The Balaban J connectivity index is 1.47. The number of rotatable bonds is 7.